The van der Waals surface area contributed by atoms with Crippen LogP contribution in [0.15, 0.2) is 48.5 Å². The normalized spacial score (nSPS) is 16.0. The quantitative estimate of drug-likeness (QED) is 0.642. The number of nitrogens with one attached hydrogen (secondary N) is 2. The highest BCUT2D eigenvalue weighted by molar-refractivity contribution is 5.76. The van der Waals surface area contributed by atoms with Crippen molar-refractivity contribution in [1.29, 1.82) is 0 Å². The van der Waals surface area contributed by atoms with Gasteiger partial charge in [0.2, 0.25) is 0 Å². The molecule has 2 N–H and O–H groups in total. The van der Waals surface area contributed by atoms with Crippen LogP contribution >= 0.6 is 0 Å². The lowest BCUT2D eigenvalue weighted by Crippen LogP contribution is -2.39. The first-order valence-electron chi connectivity index (χ1n) is 7.03. The second-order valence-corrected chi connectivity index (χ2v) is 4.99. The zero-order valence-corrected chi connectivity index (χ0v) is 11.2. The van der Waals surface area contributed by atoms with Gasteiger partial charge in [0.05, 0.1) is 0 Å². The summed E-state index contributed by atoms with van der Waals surface area (Å²) in [5.41, 5.74) is 5.75. The third-order valence-electron chi connectivity index (χ3n) is 3.66. The minimum atomic E-state index is 1.10. The van der Waals surface area contributed by atoms with Crippen LogP contribution in [-0.4, -0.2) is 26.2 Å². The molecule has 1 heterocycles. The number of hydrogen-bond donors (Lipinski definition) is 2. The SMILES string of the molecule is C1CNCCN1.c1ccc2c(c1)Cc1ccccc1-2. The van der Waals surface area contributed by atoms with E-state index >= 15 is 0 Å². The van der Waals surface area contributed by atoms with E-state index in [1.165, 1.54) is 22.3 Å². The fraction of sp³-hybridized carbons (Fsp3) is 0.294. The minimum Gasteiger partial charge on any atom is -0.314 e. The monoisotopic (exact) mass is 252 g/mol. The van der Waals surface area contributed by atoms with Crippen molar-refractivity contribution in [2.45, 2.75) is 6.42 Å². The van der Waals surface area contributed by atoms with E-state index in [1.54, 1.807) is 0 Å². The highest BCUT2D eigenvalue weighted by atomic mass is 15.0. The molecule has 1 saturated heterocycles. The molecule has 19 heavy (non-hydrogen) atoms. The van der Waals surface area contributed by atoms with E-state index in [-0.39, 0.29) is 0 Å². The summed E-state index contributed by atoms with van der Waals surface area (Å²) in [7, 11) is 0. The molecule has 1 fully saturated rings. The Bertz CT molecular complexity index is 489. The Morgan fingerprint density at radius 2 is 1.00 bits per heavy atom. The van der Waals surface area contributed by atoms with E-state index in [1.807, 2.05) is 0 Å². The number of piperazine rings is 1. The predicted octanol–water partition coefficient (Wildman–Crippen LogP) is 2.44. The summed E-state index contributed by atoms with van der Waals surface area (Å²) in [5.74, 6) is 0. The van der Waals surface area contributed by atoms with Crippen LogP contribution in [0.1, 0.15) is 11.1 Å². The first kappa shape index (κ1) is 12.4. The molecule has 0 saturated carbocycles. The maximum absolute atomic E-state index is 3.22. The second kappa shape index (κ2) is 6.00. The smallest absolute Gasteiger partial charge is 0.00772 e. The Labute approximate surface area is 114 Å². The molecular weight excluding hydrogens is 232 g/mol. The largest absolute Gasteiger partial charge is 0.314 e. The summed E-state index contributed by atoms with van der Waals surface area (Å²) in [6, 6.07) is 17.3. The van der Waals surface area contributed by atoms with Crippen molar-refractivity contribution in [2.75, 3.05) is 26.2 Å². The van der Waals surface area contributed by atoms with Crippen LogP contribution in [-0.2, 0) is 6.42 Å². The molecular formula is C17H20N2. The van der Waals surface area contributed by atoms with E-state index in [0.717, 1.165) is 32.6 Å². The van der Waals surface area contributed by atoms with Crippen molar-refractivity contribution >= 4 is 0 Å². The fourth-order valence-electron chi connectivity index (χ4n) is 2.68. The second-order valence-electron chi connectivity index (χ2n) is 4.99. The molecule has 2 aromatic rings. The predicted molar refractivity (Wildman–Crippen MR) is 80.4 cm³/mol. The van der Waals surface area contributed by atoms with Gasteiger partial charge < -0.3 is 10.6 Å². The molecule has 2 aliphatic rings. The average molecular weight is 252 g/mol. The number of fused-ring (bicyclic) bond motifs is 3. The third-order valence-corrected chi connectivity index (χ3v) is 3.66. The standard InChI is InChI=1S/C13H10.C4H10N2/c1-3-7-12-10(5-1)9-11-6-2-4-8-13(11)12;1-2-6-4-3-5-1/h1-8H,9H2;5-6H,1-4H2. The lowest BCUT2D eigenvalue weighted by atomic mass is 10.1. The van der Waals surface area contributed by atoms with Crippen LogP contribution in [0.5, 0.6) is 0 Å². The molecule has 0 atom stereocenters. The summed E-state index contributed by atoms with van der Waals surface area (Å²) >= 11 is 0. The van der Waals surface area contributed by atoms with Crippen LogP contribution in [0, 0.1) is 0 Å². The summed E-state index contributed by atoms with van der Waals surface area (Å²) in [4.78, 5) is 0. The zero-order chi connectivity index (χ0) is 12.9. The highest BCUT2D eigenvalue weighted by Gasteiger charge is 2.15. The van der Waals surface area contributed by atoms with Gasteiger partial charge in [-0.25, -0.2) is 0 Å². The van der Waals surface area contributed by atoms with E-state index in [2.05, 4.69) is 59.2 Å². The van der Waals surface area contributed by atoms with Gasteiger partial charge in [0, 0.05) is 26.2 Å². The van der Waals surface area contributed by atoms with Crippen molar-refractivity contribution in [3.63, 3.8) is 0 Å². The molecule has 1 aliphatic carbocycles. The van der Waals surface area contributed by atoms with E-state index in [0.29, 0.717) is 0 Å². The topological polar surface area (TPSA) is 24.1 Å². The maximum atomic E-state index is 3.22. The molecule has 2 nitrogen and oxygen atoms in total. The molecule has 0 aromatic heterocycles. The maximum Gasteiger partial charge on any atom is 0.00772 e. The van der Waals surface area contributed by atoms with Crippen LogP contribution < -0.4 is 10.6 Å². The first-order chi connectivity index (χ1) is 9.45. The lowest BCUT2D eigenvalue weighted by molar-refractivity contribution is 0.534. The van der Waals surface area contributed by atoms with Gasteiger partial charge in [-0.05, 0) is 28.7 Å². The summed E-state index contributed by atoms with van der Waals surface area (Å²) < 4.78 is 0. The molecule has 98 valence electrons. The van der Waals surface area contributed by atoms with Gasteiger partial charge in [-0.1, -0.05) is 48.5 Å². The van der Waals surface area contributed by atoms with Gasteiger partial charge >= 0.3 is 0 Å². The van der Waals surface area contributed by atoms with E-state index < -0.39 is 0 Å². The summed E-state index contributed by atoms with van der Waals surface area (Å²) in [5, 5.41) is 6.44. The molecule has 2 aromatic carbocycles. The van der Waals surface area contributed by atoms with E-state index in [4.69, 9.17) is 0 Å². The van der Waals surface area contributed by atoms with Gasteiger partial charge in [-0.2, -0.15) is 0 Å². The molecule has 0 bridgehead atoms. The van der Waals surface area contributed by atoms with Crippen molar-refractivity contribution in [2.24, 2.45) is 0 Å². The Morgan fingerprint density at radius 3 is 1.42 bits per heavy atom. The Hall–Kier alpha value is -1.64. The Kier molecular flexibility index (Phi) is 3.92. The zero-order valence-electron chi connectivity index (χ0n) is 11.2. The van der Waals surface area contributed by atoms with Crippen molar-refractivity contribution in [3.8, 4) is 11.1 Å². The number of hydrogen-bond acceptors (Lipinski definition) is 2. The van der Waals surface area contributed by atoms with Crippen LogP contribution in [0.3, 0.4) is 0 Å². The Balaban J connectivity index is 0.000000155. The molecule has 0 radical (unpaired) electrons. The van der Waals surface area contributed by atoms with Gasteiger partial charge in [0.25, 0.3) is 0 Å². The summed E-state index contributed by atoms with van der Waals surface area (Å²) in [6.07, 6.45) is 1.10. The molecule has 4 rings (SSSR count). The van der Waals surface area contributed by atoms with Gasteiger partial charge in [0.15, 0.2) is 0 Å². The van der Waals surface area contributed by atoms with Crippen LogP contribution in [0.2, 0.25) is 0 Å². The van der Waals surface area contributed by atoms with Crippen LogP contribution in [0.4, 0.5) is 0 Å². The molecule has 1 aliphatic heterocycles. The average Bonchev–Trinajstić information content (AvgIpc) is 2.88. The number of rotatable bonds is 0. The Morgan fingerprint density at radius 1 is 0.579 bits per heavy atom. The van der Waals surface area contributed by atoms with Gasteiger partial charge in [0.1, 0.15) is 0 Å². The van der Waals surface area contributed by atoms with Crippen molar-refractivity contribution < 1.29 is 0 Å². The van der Waals surface area contributed by atoms with E-state index in [9.17, 15) is 0 Å². The van der Waals surface area contributed by atoms with Gasteiger partial charge in [-0.3, -0.25) is 0 Å². The molecule has 2 heteroatoms. The summed E-state index contributed by atoms with van der Waals surface area (Å²) in [6.45, 7) is 4.56. The molecule has 0 spiro atoms. The lowest BCUT2D eigenvalue weighted by Gasteiger charge is -2.11. The number of benzene rings is 2. The molecule has 0 unspecified atom stereocenters. The van der Waals surface area contributed by atoms with Crippen molar-refractivity contribution in [3.05, 3.63) is 59.7 Å². The van der Waals surface area contributed by atoms with Gasteiger partial charge in [-0.15, -0.1) is 0 Å². The van der Waals surface area contributed by atoms with Crippen LogP contribution in [0.25, 0.3) is 11.1 Å². The molecule has 0 amide bonds. The highest BCUT2D eigenvalue weighted by Crippen LogP contribution is 2.35. The third kappa shape index (κ3) is 2.86. The van der Waals surface area contributed by atoms with Crippen molar-refractivity contribution in [1.82, 2.24) is 10.6 Å². The minimum absolute atomic E-state index is 1.10. The fourth-order valence-corrected chi connectivity index (χ4v) is 2.68. The first-order valence-corrected chi connectivity index (χ1v) is 7.03.